The van der Waals surface area contributed by atoms with Gasteiger partial charge in [-0.3, -0.25) is 0 Å². The van der Waals surface area contributed by atoms with Crippen LogP contribution in [0.4, 0.5) is 0 Å². The van der Waals surface area contributed by atoms with Crippen molar-refractivity contribution in [1.82, 2.24) is 0 Å². The molecule has 3 unspecified atom stereocenters. The zero-order valence-electron chi connectivity index (χ0n) is 5.16. The van der Waals surface area contributed by atoms with Crippen molar-refractivity contribution in [1.29, 1.82) is 0 Å². The SMILES string of the molecule is OC1CC2C=CCC2O1. The number of hydrogen-bond donors (Lipinski definition) is 1. The van der Waals surface area contributed by atoms with E-state index in [1.54, 1.807) is 0 Å². The van der Waals surface area contributed by atoms with Gasteiger partial charge in [0.1, 0.15) is 0 Å². The van der Waals surface area contributed by atoms with E-state index in [0.29, 0.717) is 12.0 Å². The molecule has 1 aliphatic carbocycles. The number of aliphatic hydroxyl groups excluding tert-OH is 1. The molecule has 1 saturated heterocycles. The molecule has 0 spiro atoms. The average molecular weight is 126 g/mol. The summed E-state index contributed by atoms with van der Waals surface area (Å²) in [5.41, 5.74) is 0. The molecule has 1 N–H and O–H groups in total. The lowest BCUT2D eigenvalue weighted by Crippen LogP contribution is -2.09. The van der Waals surface area contributed by atoms with Gasteiger partial charge < -0.3 is 9.84 Å². The molecule has 0 saturated carbocycles. The van der Waals surface area contributed by atoms with Crippen molar-refractivity contribution in [3.8, 4) is 0 Å². The largest absolute Gasteiger partial charge is 0.368 e. The van der Waals surface area contributed by atoms with Gasteiger partial charge in [0.05, 0.1) is 6.10 Å². The number of aliphatic hydroxyl groups is 1. The first kappa shape index (κ1) is 5.45. The maximum atomic E-state index is 8.98. The van der Waals surface area contributed by atoms with Gasteiger partial charge in [-0.05, 0) is 6.42 Å². The van der Waals surface area contributed by atoms with Crippen LogP contribution in [0.2, 0.25) is 0 Å². The van der Waals surface area contributed by atoms with Gasteiger partial charge in [-0.25, -0.2) is 0 Å². The van der Waals surface area contributed by atoms with E-state index in [1.165, 1.54) is 0 Å². The second kappa shape index (κ2) is 1.82. The molecule has 2 aliphatic rings. The molecular weight excluding hydrogens is 116 g/mol. The molecule has 0 aromatic rings. The molecule has 0 bridgehead atoms. The molecule has 2 nitrogen and oxygen atoms in total. The molecule has 1 fully saturated rings. The topological polar surface area (TPSA) is 29.5 Å². The van der Waals surface area contributed by atoms with Gasteiger partial charge in [0.15, 0.2) is 6.29 Å². The Morgan fingerprint density at radius 2 is 2.44 bits per heavy atom. The summed E-state index contributed by atoms with van der Waals surface area (Å²) in [7, 11) is 0. The van der Waals surface area contributed by atoms with Crippen molar-refractivity contribution >= 4 is 0 Å². The Bertz CT molecular complexity index is 142. The highest BCUT2D eigenvalue weighted by Gasteiger charge is 2.34. The standard InChI is InChI=1S/C7H10O2/c8-7-4-5-2-1-3-6(5)9-7/h1-2,5-8H,3-4H2. The smallest absolute Gasteiger partial charge is 0.155 e. The van der Waals surface area contributed by atoms with Crippen LogP contribution < -0.4 is 0 Å². The summed E-state index contributed by atoms with van der Waals surface area (Å²) < 4.78 is 5.18. The van der Waals surface area contributed by atoms with Crippen LogP contribution >= 0.6 is 0 Å². The maximum Gasteiger partial charge on any atom is 0.155 e. The summed E-state index contributed by atoms with van der Waals surface area (Å²) in [5, 5.41) is 8.98. The molecule has 50 valence electrons. The Morgan fingerprint density at radius 1 is 1.56 bits per heavy atom. The molecular formula is C7H10O2. The zero-order chi connectivity index (χ0) is 6.27. The van der Waals surface area contributed by atoms with Gasteiger partial charge in [-0.1, -0.05) is 12.2 Å². The van der Waals surface area contributed by atoms with E-state index in [-0.39, 0.29) is 0 Å². The van der Waals surface area contributed by atoms with Gasteiger partial charge in [-0.15, -0.1) is 0 Å². The van der Waals surface area contributed by atoms with E-state index >= 15 is 0 Å². The number of fused-ring (bicyclic) bond motifs is 1. The summed E-state index contributed by atoms with van der Waals surface area (Å²) in [5.74, 6) is 0.500. The molecule has 2 rings (SSSR count). The highest BCUT2D eigenvalue weighted by molar-refractivity contribution is 5.04. The van der Waals surface area contributed by atoms with Crippen LogP contribution in [0.5, 0.6) is 0 Å². The van der Waals surface area contributed by atoms with Crippen LogP contribution in [-0.4, -0.2) is 17.5 Å². The molecule has 0 amide bonds. The van der Waals surface area contributed by atoms with Crippen LogP contribution in [0.15, 0.2) is 12.2 Å². The summed E-state index contributed by atoms with van der Waals surface area (Å²) in [4.78, 5) is 0. The third-order valence-electron chi connectivity index (χ3n) is 2.03. The first-order chi connectivity index (χ1) is 4.36. The second-order valence-corrected chi connectivity index (χ2v) is 2.69. The summed E-state index contributed by atoms with van der Waals surface area (Å²) in [6, 6.07) is 0. The molecule has 2 heteroatoms. The van der Waals surface area contributed by atoms with E-state index in [9.17, 15) is 0 Å². The fourth-order valence-electron chi connectivity index (χ4n) is 1.56. The van der Waals surface area contributed by atoms with Gasteiger partial charge in [0, 0.05) is 12.3 Å². The fourth-order valence-corrected chi connectivity index (χ4v) is 1.56. The fraction of sp³-hybridized carbons (Fsp3) is 0.714. The number of hydrogen-bond acceptors (Lipinski definition) is 2. The Morgan fingerprint density at radius 3 is 3.22 bits per heavy atom. The summed E-state index contributed by atoms with van der Waals surface area (Å²) >= 11 is 0. The third-order valence-corrected chi connectivity index (χ3v) is 2.03. The van der Waals surface area contributed by atoms with Crippen LogP contribution in [0, 0.1) is 5.92 Å². The summed E-state index contributed by atoms with van der Waals surface area (Å²) in [6.07, 6.45) is 5.84. The van der Waals surface area contributed by atoms with Crippen LogP contribution in [0.1, 0.15) is 12.8 Å². The first-order valence-electron chi connectivity index (χ1n) is 3.36. The van der Waals surface area contributed by atoms with Crippen LogP contribution in [0.25, 0.3) is 0 Å². The lowest BCUT2D eigenvalue weighted by molar-refractivity contribution is -0.0891. The maximum absolute atomic E-state index is 8.98. The Balaban J connectivity index is 2.08. The van der Waals surface area contributed by atoms with Gasteiger partial charge in [0.2, 0.25) is 0 Å². The van der Waals surface area contributed by atoms with Gasteiger partial charge in [-0.2, -0.15) is 0 Å². The monoisotopic (exact) mass is 126 g/mol. The van der Waals surface area contributed by atoms with Crippen molar-refractivity contribution < 1.29 is 9.84 Å². The molecule has 1 aliphatic heterocycles. The van der Waals surface area contributed by atoms with E-state index in [0.717, 1.165) is 12.8 Å². The van der Waals surface area contributed by atoms with E-state index in [2.05, 4.69) is 12.2 Å². The second-order valence-electron chi connectivity index (χ2n) is 2.69. The lowest BCUT2D eigenvalue weighted by Gasteiger charge is -2.05. The normalized spacial score (nSPS) is 47.9. The minimum absolute atomic E-state index is 0.292. The Kier molecular flexibility index (Phi) is 1.10. The van der Waals surface area contributed by atoms with Crippen molar-refractivity contribution in [3.05, 3.63) is 12.2 Å². The highest BCUT2D eigenvalue weighted by atomic mass is 16.6. The molecule has 3 atom stereocenters. The summed E-state index contributed by atoms with van der Waals surface area (Å²) in [6.45, 7) is 0. The molecule has 0 radical (unpaired) electrons. The van der Waals surface area contributed by atoms with Crippen molar-refractivity contribution in [3.63, 3.8) is 0 Å². The zero-order valence-corrected chi connectivity index (χ0v) is 5.16. The van der Waals surface area contributed by atoms with Crippen molar-refractivity contribution in [2.45, 2.75) is 25.2 Å². The quantitative estimate of drug-likeness (QED) is 0.483. The Hall–Kier alpha value is -0.340. The highest BCUT2D eigenvalue weighted by Crippen LogP contribution is 2.32. The average Bonchev–Trinajstić information content (AvgIpc) is 2.22. The van der Waals surface area contributed by atoms with Crippen molar-refractivity contribution in [2.75, 3.05) is 0 Å². The van der Waals surface area contributed by atoms with Gasteiger partial charge in [0.25, 0.3) is 0 Å². The lowest BCUT2D eigenvalue weighted by atomic mass is 10.1. The molecule has 0 aromatic carbocycles. The predicted molar refractivity (Wildman–Crippen MR) is 32.7 cm³/mol. The number of rotatable bonds is 0. The third kappa shape index (κ3) is 0.787. The Labute approximate surface area is 54.1 Å². The van der Waals surface area contributed by atoms with Crippen LogP contribution in [0.3, 0.4) is 0 Å². The molecule has 0 aromatic heterocycles. The van der Waals surface area contributed by atoms with Gasteiger partial charge >= 0.3 is 0 Å². The van der Waals surface area contributed by atoms with E-state index in [1.807, 2.05) is 0 Å². The predicted octanol–water partition coefficient (Wildman–Crippen LogP) is 0.670. The van der Waals surface area contributed by atoms with E-state index in [4.69, 9.17) is 9.84 Å². The van der Waals surface area contributed by atoms with Crippen LogP contribution in [-0.2, 0) is 4.74 Å². The molecule has 9 heavy (non-hydrogen) atoms. The van der Waals surface area contributed by atoms with E-state index < -0.39 is 6.29 Å². The minimum Gasteiger partial charge on any atom is -0.368 e. The molecule has 1 heterocycles. The first-order valence-corrected chi connectivity index (χ1v) is 3.36. The van der Waals surface area contributed by atoms with Crippen molar-refractivity contribution in [2.24, 2.45) is 5.92 Å². The number of ether oxygens (including phenoxy) is 1. The minimum atomic E-state index is -0.495.